The van der Waals surface area contributed by atoms with Gasteiger partial charge in [0.2, 0.25) is 0 Å². The van der Waals surface area contributed by atoms with E-state index >= 15 is 10.2 Å². The number of benzene rings is 8. The number of hydrogen-bond acceptors (Lipinski definition) is 4. The summed E-state index contributed by atoms with van der Waals surface area (Å²) in [5.74, 6) is 1.57. The van der Waals surface area contributed by atoms with Gasteiger partial charge in [-0.15, -0.1) is 0 Å². The summed E-state index contributed by atoms with van der Waals surface area (Å²) in [6.45, 7) is 115. The molecule has 0 amide bonds. The van der Waals surface area contributed by atoms with E-state index in [2.05, 4.69) is 429 Å². The van der Waals surface area contributed by atoms with Gasteiger partial charge in [0.25, 0.3) is 0 Å². The SMILES string of the molecule is CC(C)(C)c1cc2c(c(C(C)(C)C)c1)OC1(c3c(cc(C(C)(C)C)cc3C(C)(C)C)C2)c2c(cc(C(C)(C)C)cc2C(C)(C)C)Cc2cc(C(C)(C)C)cc(C(C)(C)C)c2C2(Oc3c(cc(C(C)(C)C)cc3C(C)(C)C)Cc3cc(C(C)(C)C)cc(C(C)(C)C)c32)C1(CO)C1(O)c2c(cc(C(C)(C)C)cc2C(C)(C)C)Cc2cc(C(C)(C)C)cc(C(C)(C)C)c21. The van der Waals surface area contributed by atoms with Crippen LogP contribution in [0.25, 0.3) is 0 Å². The quantitative estimate of drug-likeness (QED) is 0.181. The minimum atomic E-state index is -2.47. The molecule has 2 aliphatic heterocycles. The minimum Gasteiger partial charge on any atom is -0.476 e. The third kappa shape index (κ3) is 16.3. The maximum Gasteiger partial charge on any atom is 0.176 e. The van der Waals surface area contributed by atoms with Crippen LogP contribution in [-0.2, 0) is 129 Å². The van der Waals surface area contributed by atoms with Crippen LogP contribution in [0.5, 0.6) is 11.5 Å². The Morgan fingerprint density at radius 2 is 0.344 bits per heavy atom. The van der Waals surface area contributed by atoms with Gasteiger partial charge < -0.3 is 19.7 Å². The molecular weight excluding hydrogens is 1520 g/mol. The highest BCUT2D eigenvalue weighted by molar-refractivity contribution is 5.76. The Hall–Kier alpha value is -6.72. The molecule has 0 aromatic heterocycles. The van der Waals surface area contributed by atoms with Crippen LogP contribution in [-0.4, -0.2) is 16.8 Å². The van der Waals surface area contributed by atoms with E-state index in [-0.39, 0.29) is 32.5 Å². The molecule has 0 bridgehead atoms. The smallest absolute Gasteiger partial charge is 0.176 e. The fourth-order valence-electron chi connectivity index (χ4n) is 21.8. The van der Waals surface area contributed by atoms with E-state index in [0.717, 1.165) is 134 Å². The first-order chi connectivity index (χ1) is 55.8. The van der Waals surface area contributed by atoms with Gasteiger partial charge in [-0.25, -0.2) is 0 Å². The predicted octanol–water partition coefficient (Wildman–Crippen LogP) is 31.3. The molecule has 0 fully saturated rings. The van der Waals surface area contributed by atoms with Crippen LogP contribution in [0.3, 0.4) is 0 Å². The Balaban J connectivity index is 1.75. The van der Waals surface area contributed by atoms with Gasteiger partial charge in [-0.1, -0.05) is 429 Å². The molecule has 680 valence electrons. The predicted molar refractivity (Wildman–Crippen MR) is 537 cm³/mol. The summed E-state index contributed by atoms with van der Waals surface area (Å²) in [6.07, 6.45) is 1.89. The monoisotopic (exact) mass is 1690 g/mol. The molecule has 0 saturated carbocycles. The second-order valence-electron chi connectivity index (χ2n) is 56.4. The average molecular weight is 1690 g/mol. The second kappa shape index (κ2) is 29.4. The lowest BCUT2D eigenvalue weighted by Crippen LogP contribution is -2.76. The topological polar surface area (TPSA) is 58.9 Å². The summed E-state index contributed by atoms with van der Waals surface area (Å²) in [5.41, 5.74) is 15.2. The highest BCUT2D eigenvalue weighted by Crippen LogP contribution is 2.78. The zero-order valence-corrected chi connectivity index (χ0v) is 88.5. The molecule has 4 aliphatic rings. The maximum absolute atomic E-state index is 19.9. The molecule has 2 N–H and O–H groups in total. The van der Waals surface area contributed by atoms with Crippen molar-refractivity contribution in [2.75, 3.05) is 6.61 Å². The van der Waals surface area contributed by atoms with E-state index in [4.69, 9.17) is 0 Å². The van der Waals surface area contributed by atoms with E-state index < -0.39 is 83.0 Å². The van der Waals surface area contributed by atoms with Crippen molar-refractivity contribution in [3.8, 4) is 11.5 Å². The van der Waals surface area contributed by atoms with Crippen molar-refractivity contribution in [1.29, 1.82) is 0 Å². The van der Waals surface area contributed by atoms with Crippen LogP contribution in [0.2, 0.25) is 0 Å². The number of ether oxygens (including phenoxy) is 2. The van der Waals surface area contributed by atoms with Crippen molar-refractivity contribution in [2.45, 2.75) is 461 Å². The van der Waals surface area contributed by atoms with E-state index in [1.807, 2.05) is 0 Å². The van der Waals surface area contributed by atoms with Gasteiger partial charge in [-0.2, -0.15) is 0 Å². The van der Waals surface area contributed by atoms with Crippen LogP contribution in [0, 0.1) is 5.41 Å². The molecule has 4 nitrogen and oxygen atoms in total. The fraction of sp³-hybridized carbons (Fsp3) is 0.603. The summed E-state index contributed by atoms with van der Waals surface area (Å²) in [6, 6.07) is 41.1. The van der Waals surface area contributed by atoms with Crippen LogP contribution < -0.4 is 9.47 Å². The number of fused-ring (bicyclic) bond motifs is 12. The molecule has 0 radical (unpaired) electrons. The summed E-state index contributed by atoms with van der Waals surface area (Å²) in [5, 5.41) is 37.4. The molecule has 2 atom stereocenters. The fourth-order valence-corrected chi connectivity index (χ4v) is 21.8. The summed E-state index contributed by atoms with van der Waals surface area (Å²) >= 11 is 0. The summed E-state index contributed by atoms with van der Waals surface area (Å²) < 4.78 is 20.9. The lowest BCUT2D eigenvalue weighted by atomic mass is 9.39. The molecule has 4 heteroatoms. The Kier molecular flexibility index (Phi) is 22.9. The number of aliphatic hydroxyl groups is 2. The van der Waals surface area contributed by atoms with Crippen molar-refractivity contribution in [1.82, 2.24) is 0 Å². The Labute approximate surface area is 763 Å². The largest absolute Gasteiger partial charge is 0.476 e. The van der Waals surface area contributed by atoms with E-state index in [1.165, 1.54) is 44.5 Å². The second-order valence-corrected chi connectivity index (χ2v) is 56.4. The average Bonchev–Trinajstić information content (AvgIpc) is 1.57. The van der Waals surface area contributed by atoms with Gasteiger partial charge in [0.15, 0.2) is 11.2 Å². The lowest BCUT2D eigenvalue weighted by molar-refractivity contribution is -0.257. The zero-order chi connectivity index (χ0) is 94.7. The number of rotatable bonds is 2. The van der Waals surface area contributed by atoms with Gasteiger partial charge in [0, 0.05) is 46.2 Å². The first-order valence-corrected chi connectivity index (χ1v) is 48.0. The molecule has 0 saturated heterocycles. The normalized spacial score (nSPS) is 19.5. The van der Waals surface area contributed by atoms with Crippen molar-refractivity contribution < 1.29 is 19.7 Å². The van der Waals surface area contributed by atoms with Crippen molar-refractivity contribution in [2.24, 2.45) is 5.41 Å². The summed E-state index contributed by atoms with van der Waals surface area (Å²) in [7, 11) is 0. The molecule has 2 heterocycles. The van der Waals surface area contributed by atoms with Crippen molar-refractivity contribution in [3.63, 3.8) is 0 Å². The molecule has 125 heavy (non-hydrogen) atoms. The molecule has 2 aliphatic carbocycles. The first kappa shape index (κ1) is 97.3. The minimum absolute atomic E-state index is 0.313. The number of aliphatic hydroxyl groups excluding tert-OH is 1. The van der Waals surface area contributed by atoms with Gasteiger partial charge in [-0.3, -0.25) is 0 Å². The van der Waals surface area contributed by atoms with Gasteiger partial charge in [0.05, 0.1) is 6.61 Å². The Bertz CT molecular complexity index is 5270. The maximum atomic E-state index is 19.9. The molecule has 8 aromatic rings. The van der Waals surface area contributed by atoms with E-state index in [0.29, 0.717) is 25.7 Å². The Morgan fingerprint density at radius 3 is 0.504 bits per heavy atom. The van der Waals surface area contributed by atoms with Crippen LogP contribution in [0.15, 0.2) is 97.1 Å². The van der Waals surface area contributed by atoms with E-state index in [1.54, 1.807) is 0 Å². The molecule has 2 spiro atoms. The van der Waals surface area contributed by atoms with Crippen LogP contribution >= 0.6 is 0 Å². The zero-order valence-electron chi connectivity index (χ0n) is 88.5. The van der Waals surface area contributed by atoms with Crippen LogP contribution in [0.1, 0.15) is 499 Å². The Morgan fingerprint density at radius 1 is 0.200 bits per heavy atom. The standard InChI is InChI=1S/C121H172O4/c1-102(2,3)78-53-70-49-71-54-79(103(4,5)6)62-87(111(28,29)30)95(71)119(123,94(70)86(61-78)110(25,26)27)118(69-122)120(98-74(57-82(106(13,14)15)65-90(98)114(37,38)39)51-76-59-84(108(19,20)21)67-92(100(76)124-120)116(43,44)45)96-72(55-80(104(7,8)9)63-88(96)112(31,32)33)50-73-56-81(105(10,11)12)64-89(113(34,35)36)97(73)121(118)99-75(58-83(107(16,17)18)66-91(99)115(40,41)42)52-77-60-85(109(22,23)24)68-93(101(77)125-121)117(46,47)48/h53-68,122-123H,49-52,69H2,1-48H3. The molecule has 8 aromatic carbocycles. The third-order valence-electron chi connectivity index (χ3n) is 29.3. The van der Waals surface area contributed by atoms with E-state index in [9.17, 15) is 9.47 Å². The third-order valence-corrected chi connectivity index (χ3v) is 29.3. The van der Waals surface area contributed by atoms with Crippen molar-refractivity contribution in [3.05, 3.63) is 264 Å². The molecular formula is C121H172O4. The molecule has 2 unspecified atom stereocenters. The van der Waals surface area contributed by atoms with Gasteiger partial charge >= 0.3 is 0 Å². The highest BCUT2D eigenvalue weighted by Gasteiger charge is 2.83. The van der Waals surface area contributed by atoms with Crippen LogP contribution in [0.4, 0.5) is 0 Å². The lowest BCUT2D eigenvalue weighted by Gasteiger charge is -2.68. The summed E-state index contributed by atoms with van der Waals surface area (Å²) in [4.78, 5) is 0. The van der Waals surface area contributed by atoms with Gasteiger partial charge in [-0.05, 0) is 233 Å². The van der Waals surface area contributed by atoms with Gasteiger partial charge in [0.1, 0.15) is 22.5 Å². The first-order valence-electron chi connectivity index (χ1n) is 48.0. The highest BCUT2D eigenvalue weighted by atomic mass is 16.5. The number of hydrogen-bond donors (Lipinski definition) is 2. The van der Waals surface area contributed by atoms with Crippen molar-refractivity contribution >= 4 is 0 Å². The molecule has 12 rings (SSSR count).